The van der Waals surface area contributed by atoms with Gasteiger partial charge < -0.3 is 9.47 Å². The van der Waals surface area contributed by atoms with Crippen molar-refractivity contribution in [2.45, 2.75) is 37.0 Å². The van der Waals surface area contributed by atoms with Gasteiger partial charge in [-0.3, -0.25) is 14.3 Å². The highest BCUT2D eigenvalue weighted by molar-refractivity contribution is 7.93. The second kappa shape index (κ2) is 8.65. The van der Waals surface area contributed by atoms with Crippen LogP contribution in [0.1, 0.15) is 40.7 Å². The molecule has 1 N–H and O–H groups in total. The van der Waals surface area contributed by atoms with Crippen LogP contribution in [0.25, 0.3) is 0 Å². The molecule has 2 aliphatic heterocycles. The molecule has 2 heterocycles. The number of aryl methyl sites for hydroxylation is 2. The third-order valence-corrected chi connectivity index (χ3v) is 6.33. The van der Waals surface area contributed by atoms with Gasteiger partial charge in [0, 0.05) is 18.1 Å². The maximum Gasteiger partial charge on any atom is 0.305 e. The SMILES string of the molecule is COC(=O)CCC(=O)c1ccc2c(c1)CCC2.COc1cc2ccc1S(=O)(=O)N2. The number of anilines is 1. The molecule has 0 atom stereocenters. The lowest BCUT2D eigenvalue weighted by molar-refractivity contribution is -0.140. The minimum Gasteiger partial charge on any atom is -0.495 e. The summed E-state index contributed by atoms with van der Waals surface area (Å²) in [6, 6.07) is 10.7. The monoisotopic (exact) mass is 417 g/mol. The first-order valence-electron chi connectivity index (χ1n) is 9.26. The van der Waals surface area contributed by atoms with Crippen LogP contribution in [-0.2, 0) is 32.4 Å². The minimum absolute atomic E-state index is 0.0186. The van der Waals surface area contributed by atoms with E-state index >= 15 is 0 Å². The first-order valence-corrected chi connectivity index (χ1v) is 10.7. The zero-order valence-electron chi connectivity index (χ0n) is 16.4. The molecule has 154 valence electrons. The number of carbonyl (C=O) groups excluding carboxylic acids is 2. The Morgan fingerprint density at radius 1 is 1.00 bits per heavy atom. The number of nitrogens with one attached hydrogen (secondary N) is 1. The van der Waals surface area contributed by atoms with Gasteiger partial charge in [-0.1, -0.05) is 12.1 Å². The Morgan fingerprint density at radius 3 is 2.38 bits per heavy atom. The number of methoxy groups -OCH3 is 2. The van der Waals surface area contributed by atoms with E-state index in [0.717, 1.165) is 18.4 Å². The van der Waals surface area contributed by atoms with Gasteiger partial charge in [-0.05, 0) is 48.6 Å². The first kappa shape index (κ1) is 20.9. The van der Waals surface area contributed by atoms with Crippen molar-refractivity contribution < 1.29 is 27.5 Å². The van der Waals surface area contributed by atoms with E-state index < -0.39 is 10.0 Å². The zero-order chi connectivity index (χ0) is 21.0. The van der Waals surface area contributed by atoms with Gasteiger partial charge in [0.25, 0.3) is 10.0 Å². The van der Waals surface area contributed by atoms with Gasteiger partial charge in [0.1, 0.15) is 10.6 Å². The van der Waals surface area contributed by atoms with E-state index in [0.29, 0.717) is 11.4 Å². The molecule has 0 aromatic heterocycles. The predicted molar refractivity (Wildman–Crippen MR) is 108 cm³/mol. The maximum absolute atomic E-state index is 11.9. The molecule has 0 fully saturated rings. The molecule has 0 radical (unpaired) electrons. The van der Waals surface area contributed by atoms with Crippen molar-refractivity contribution in [1.29, 1.82) is 0 Å². The van der Waals surface area contributed by atoms with Gasteiger partial charge >= 0.3 is 5.97 Å². The average molecular weight is 417 g/mol. The van der Waals surface area contributed by atoms with Gasteiger partial charge in [0.2, 0.25) is 0 Å². The molecule has 0 amide bonds. The van der Waals surface area contributed by atoms with Crippen LogP contribution in [-0.4, -0.2) is 34.4 Å². The Labute approximate surface area is 170 Å². The van der Waals surface area contributed by atoms with E-state index in [4.69, 9.17) is 4.74 Å². The number of fused-ring (bicyclic) bond motifs is 4. The highest BCUT2D eigenvalue weighted by atomic mass is 32.2. The molecule has 8 heteroatoms. The highest BCUT2D eigenvalue weighted by Crippen LogP contribution is 2.33. The Morgan fingerprint density at radius 2 is 1.76 bits per heavy atom. The summed E-state index contributed by atoms with van der Waals surface area (Å²) in [5.41, 5.74) is 3.90. The summed E-state index contributed by atoms with van der Waals surface area (Å²) in [5, 5.41) is 0. The number of Topliss-reactive ketones (excluding diaryl/α,β-unsaturated/α-hetero) is 1. The van der Waals surface area contributed by atoms with E-state index in [1.165, 1.54) is 37.8 Å². The molecule has 29 heavy (non-hydrogen) atoms. The number of carbonyl (C=O) groups is 2. The van der Waals surface area contributed by atoms with E-state index in [2.05, 4.69) is 9.46 Å². The molecule has 0 saturated carbocycles. The fraction of sp³-hybridized carbons (Fsp3) is 0.333. The molecule has 7 nitrogen and oxygen atoms in total. The summed E-state index contributed by atoms with van der Waals surface area (Å²) in [6.45, 7) is 0. The molecule has 0 saturated heterocycles. The summed E-state index contributed by atoms with van der Waals surface area (Å²) in [5.74, 6) is 0.0795. The largest absolute Gasteiger partial charge is 0.495 e. The summed E-state index contributed by atoms with van der Waals surface area (Å²) in [7, 11) is -0.552. The second-order valence-electron chi connectivity index (χ2n) is 6.81. The lowest BCUT2D eigenvalue weighted by Crippen LogP contribution is -2.18. The minimum atomic E-state index is -3.34. The van der Waals surface area contributed by atoms with Crippen molar-refractivity contribution in [3.8, 4) is 5.75 Å². The summed E-state index contributed by atoms with van der Waals surface area (Å²) in [6.07, 6.45) is 3.74. The molecule has 5 rings (SSSR count). The molecule has 1 aliphatic carbocycles. The summed E-state index contributed by atoms with van der Waals surface area (Å²) >= 11 is 0. The number of hydrogen-bond donors (Lipinski definition) is 1. The Hall–Kier alpha value is -2.87. The Balaban J connectivity index is 0.000000176. The molecule has 0 spiro atoms. The Kier molecular flexibility index (Phi) is 6.22. The molecular formula is C21H23NO6S. The number of rotatable bonds is 5. The quantitative estimate of drug-likeness (QED) is 0.593. The predicted octanol–water partition coefficient (Wildman–Crippen LogP) is 3.12. The maximum atomic E-state index is 11.9. The van der Waals surface area contributed by atoms with Gasteiger partial charge in [0.15, 0.2) is 5.78 Å². The number of ether oxygens (including phenoxy) is 2. The number of hydrogen-bond acceptors (Lipinski definition) is 6. The lowest BCUT2D eigenvalue weighted by atomic mass is 10.0. The number of sulfonamides is 1. The molecule has 2 aromatic rings. The van der Waals surface area contributed by atoms with Crippen molar-refractivity contribution >= 4 is 27.5 Å². The van der Waals surface area contributed by atoms with Crippen molar-refractivity contribution in [3.05, 3.63) is 53.1 Å². The smallest absolute Gasteiger partial charge is 0.305 e. The van der Waals surface area contributed by atoms with Crippen LogP contribution in [0.3, 0.4) is 0 Å². The normalized spacial score (nSPS) is 14.8. The number of esters is 1. The van der Waals surface area contributed by atoms with Gasteiger partial charge in [-0.25, -0.2) is 8.42 Å². The Bertz CT molecular complexity index is 1050. The van der Waals surface area contributed by atoms with E-state index in [1.807, 2.05) is 18.2 Å². The lowest BCUT2D eigenvalue weighted by Gasteiger charge is -2.18. The average Bonchev–Trinajstić information content (AvgIpc) is 3.19. The van der Waals surface area contributed by atoms with Crippen LogP contribution in [0, 0.1) is 0 Å². The molecule has 0 unspecified atom stereocenters. The molecule has 3 aliphatic rings. The van der Waals surface area contributed by atoms with E-state index in [9.17, 15) is 18.0 Å². The zero-order valence-corrected chi connectivity index (χ0v) is 17.2. The molecule has 2 aromatic carbocycles. The molecular weight excluding hydrogens is 394 g/mol. The van der Waals surface area contributed by atoms with Gasteiger partial charge in [-0.15, -0.1) is 0 Å². The summed E-state index contributed by atoms with van der Waals surface area (Å²) in [4.78, 5) is 23.0. The van der Waals surface area contributed by atoms with Crippen molar-refractivity contribution in [1.82, 2.24) is 0 Å². The highest BCUT2D eigenvalue weighted by Gasteiger charge is 2.25. The van der Waals surface area contributed by atoms with Gasteiger partial charge in [0.05, 0.1) is 26.3 Å². The summed E-state index contributed by atoms with van der Waals surface area (Å²) < 4.78 is 34.3. The van der Waals surface area contributed by atoms with Crippen LogP contribution in [0.4, 0.5) is 5.69 Å². The topological polar surface area (TPSA) is 98.8 Å². The van der Waals surface area contributed by atoms with E-state index in [-0.39, 0.29) is 29.5 Å². The fourth-order valence-electron chi connectivity index (χ4n) is 3.37. The standard InChI is InChI=1S/C14H16O3.C7H7NO3S/c1-17-14(16)8-7-13(15)12-6-5-10-3-2-4-11(10)9-12;1-11-6-4-5-2-3-7(6)12(9,10)8-5/h5-6,9H,2-4,7-8H2,1H3;2-4,8H,1H3. The van der Waals surface area contributed by atoms with Crippen LogP contribution >= 0.6 is 0 Å². The van der Waals surface area contributed by atoms with Crippen molar-refractivity contribution in [3.63, 3.8) is 0 Å². The third-order valence-electron chi connectivity index (χ3n) is 4.91. The first-order chi connectivity index (χ1) is 13.8. The van der Waals surface area contributed by atoms with E-state index in [1.54, 1.807) is 12.1 Å². The van der Waals surface area contributed by atoms with Crippen molar-refractivity contribution in [2.75, 3.05) is 18.9 Å². The molecule has 2 bridgehead atoms. The third kappa shape index (κ3) is 4.76. The fourth-order valence-corrected chi connectivity index (χ4v) is 4.57. The van der Waals surface area contributed by atoms with Gasteiger partial charge in [-0.2, -0.15) is 0 Å². The van der Waals surface area contributed by atoms with Crippen LogP contribution in [0.2, 0.25) is 0 Å². The van der Waals surface area contributed by atoms with Crippen LogP contribution in [0.5, 0.6) is 5.75 Å². The number of ketones is 1. The number of benzene rings is 2. The van der Waals surface area contributed by atoms with Crippen LogP contribution < -0.4 is 9.46 Å². The van der Waals surface area contributed by atoms with Crippen molar-refractivity contribution in [2.24, 2.45) is 0 Å². The second-order valence-corrected chi connectivity index (χ2v) is 8.46. The van der Waals surface area contributed by atoms with Crippen LogP contribution in [0.15, 0.2) is 41.3 Å².